The minimum atomic E-state index is 0.908. The molecule has 0 fully saturated rings. The number of aryl methyl sites for hydroxylation is 1. The number of nitrogens with zero attached hydrogens (tertiary/aromatic N) is 2. The van der Waals surface area contributed by atoms with Crippen LogP contribution < -0.4 is 5.32 Å². The highest BCUT2D eigenvalue weighted by molar-refractivity contribution is 7.09. The molecule has 4 heteroatoms. The van der Waals surface area contributed by atoms with Gasteiger partial charge in [-0.15, -0.1) is 11.3 Å². The second-order valence-corrected chi connectivity index (χ2v) is 5.08. The SMILES string of the molecule is CCCn1nccc1CNCCc1cccs1. The van der Waals surface area contributed by atoms with Gasteiger partial charge in [-0.3, -0.25) is 4.68 Å². The average Bonchev–Trinajstić information content (AvgIpc) is 2.96. The molecule has 2 aromatic rings. The highest BCUT2D eigenvalue weighted by Gasteiger charge is 2.00. The van der Waals surface area contributed by atoms with Crippen LogP contribution in [-0.2, 0) is 19.5 Å². The molecule has 0 aromatic carbocycles. The smallest absolute Gasteiger partial charge is 0.0522 e. The second-order valence-electron chi connectivity index (χ2n) is 4.05. The van der Waals surface area contributed by atoms with Crippen molar-refractivity contribution in [3.8, 4) is 0 Å². The first kappa shape index (κ1) is 12.3. The van der Waals surface area contributed by atoms with E-state index in [1.54, 1.807) is 0 Å². The molecule has 92 valence electrons. The van der Waals surface area contributed by atoms with E-state index < -0.39 is 0 Å². The van der Waals surface area contributed by atoms with E-state index in [9.17, 15) is 0 Å². The van der Waals surface area contributed by atoms with Crippen molar-refractivity contribution < 1.29 is 0 Å². The normalized spacial score (nSPS) is 10.9. The molecule has 0 unspecified atom stereocenters. The molecule has 0 saturated carbocycles. The van der Waals surface area contributed by atoms with Crippen LogP contribution in [0.1, 0.15) is 23.9 Å². The molecule has 0 aliphatic carbocycles. The lowest BCUT2D eigenvalue weighted by atomic mass is 10.3. The summed E-state index contributed by atoms with van der Waals surface area (Å²) in [7, 11) is 0. The quantitative estimate of drug-likeness (QED) is 0.765. The van der Waals surface area contributed by atoms with Gasteiger partial charge in [-0.1, -0.05) is 13.0 Å². The zero-order valence-corrected chi connectivity index (χ0v) is 11.0. The van der Waals surface area contributed by atoms with Gasteiger partial charge in [-0.05, 0) is 30.4 Å². The molecule has 2 rings (SSSR count). The lowest BCUT2D eigenvalue weighted by Gasteiger charge is -2.07. The molecule has 17 heavy (non-hydrogen) atoms. The largest absolute Gasteiger partial charge is 0.311 e. The van der Waals surface area contributed by atoms with E-state index >= 15 is 0 Å². The molecule has 0 bridgehead atoms. The van der Waals surface area contributed by atoms with E-state index in [2.05, 4.69) is 45.6 Å². The maximum absolute atomic E-state index is 4.31. The predicted octanol–water partition coefficient (Wildman–Crippen LogP) is 2.69. The highest BCUT2D eigenvalue weighted by Crippen LogP contribution is 2.08. The van der Waals surface area contributed by atoms with Crippen molar-refractivity contribution in [1.29, 1.82) is 0 Å². The van der Waals surface area contributed by atoms with Gasteiger partial charge in [0, 0.05) is 30.7 Å². The van der Waals surface area contributed by atoms with Gasteiger partial charge < -0.3 is 5.32 Å². The van der Waals surface area contributed by atoms with Gasteiger partial charge in [0.05, 0.1) is 5.69 Å². The van der Waals surface area contributed by atoms with Gasteiger partial charge in [0.25, 0.3) is 0 Å². The van der Waals surface area contributed by atoms with Crippen LogP contribution in [0, 0.1) is 0 Å². The maximum atomic E-state index is 4.31. The van der Waals surface area contributed by atoms with Crippen molar-refractivity contribution in [2.45, 2.75) is 32.9 Å². The third kappa shape index (κ3) is 3.68. The van der Waals surface area contributed by atoms with Gasteiger partial charge in [0.1, 0.15) is 0 Å². The first-order chi connectivity index (χ1) is 8.40. The van der Waals surface area contributed by atoms with E-state index in [4.69, 9.17) is 0 Å². The molecule has 0 aliphatic heterocycles. The number of hydrogen-bond acceptors (Lipinski definition) is 3. The number of thiophene rings is 1. The van der Waals surface area contributed by atoms with E-state index in [1.165, 1.54) is 10.6 Å². The summed E-state index contributed by atoms with van der Waals surface area (Å²) >= 11 is 1.82. The molecule has 0 amide bonds. The molecule has 2 aromatic heterocycles. The van der Waals surface area contributed by atoms with Crippen molar-refractivity contribution in [2.75, 3.05) is 6.54 Å². The average molecular weight is 249 g/mol. The molecule has 0 radical (unpaired) electrons. The van der Waals surface area contributed by atoms with Crippen LogP contribution in [0.2, 0.25) is 0 Å². The molecule has 1 N–H and O–H groups in total. The van der Waals surface area contributed by atoms with Crippen LogP contribution in [0.15, 0.2) is 29.8 Å². The number of rotatable bonds is 7. The Morgan fingerprint density at radius 2 is 2.35 bits per heavy atom. The lowest BCUT2D eigenvalue weighted by molar-refractivity contribution is 0.550. The first-order valence-electron chi connectivity index (χ1n) is 6.14. The maximum Gasteiger partial charge on any atom is 0.0522 e. The molecule has 0 atom stereocenters. The summed E-state index contributed by atoms with van der Waals surface area (Å²) < 4.78 is 2.08. The minimum absolute atomic E-state index is 0.908. The van der Waals surface area contributed by atoms with Crippen LogP contribution in [0.5, 0.6) is 0 Å². The van der Waals surface area contributed by atoms with Crippen molar-refractivity contribution in [3.63, 3.8) is 0 Å². The Balaban J connectivity index is 1.72. The van der Waals surface area contributed by atoms with Crippen molar-refractivity contribution >= 4 is 11.3 Å². The molecule has 3 nitrogen and oxygen atoms in total. The topological polar surface area (TPSA) is 29.9 Å². The summed E-state index contributed by atoms with van der Waals surface area (Å²) in [6.07, 6.45) is 4.12. The second kappa shape index (κ2) is 6.57. The summed E-state index contributed by atoms with van der Waals surface area (Å²) in [5.41, 5.74) is 1.28. The van der Waals surface area contributed by atoms with Crippen LogP contribution in [-0.4, -0.2) is 16.3 Å². The highest BCUT2D eigenvalue weighted by atomic mass is 32.1. The van der Waals surface area contributed by atoms with E-state index in [0.29, 0.717) is 0 Å². The van der Waals surface area contributed by atoms with E-state index in [1.807, 2.05) is 17.5 Å². The zero-order chi connectivity index (χ0) is 11.9. The van der Waals surface area contributed by atoms with Gasteiger partial charge in [0.15, 0.2) is 0 Å². The fourth-order valence-corrected chi connectivity index (χ4v) is 2.52. The monoisotopic (exact) mass is 249 g/mol. The Morgan fingerprint density at radius 1 is 1.41 bits per heavy atom. The number of nitrogens with one attached hydrogen (secondary N) is 1. The van der Waals surface area contributed by atoms with Crippen molar-refractivity contribution in [3.05, 3.63) is 40.3 Å². The molecule has 0 spiro atoms. The standard InChI is InChI=1S/C13H19N3S/c1-2-9-16-12(5-8-15-16)11-14-7-6-13-4-3-10-17-13/h3-5,8,10,14H,2,6-7,9,11H2,1H3. The van der Waals surface area contributed by atoms with Crippen molar-refractivity contribution in [1.82, 2.24) is 15.1 Å². The van der Waals surface area contributed by atoms with Crippen LogP contribution >= 0.6 is 11.3 Å². The Hall–Kier alpha value is -1.13. The molecule has 0 aliphatic rings. The summed E-state index contributed by atoms with van der Waals surface area (Å²) in [5.74, 6) is 0. The van der Waals surface area contributed by atoms with Crippen LogP contribution in [0.25, 0.3) is 0 Å². The lowest BCUT2D eigenvalue weighted by Crippen LogP contribution is -2.19. The summed E-state index contributed by atoms with van der Waals surface area (Å²) in [6.45, 7) is 5.12. The minimum Gasteiger partial charge on any atom is -0.311 e. The summed E-state index contributed by atoms with van der Waals surface area (Å²) in [5, 5.41) is 9.91. The Labute approximate surface area is 106 Å². The fraction of sp³-hybridized carbons (Fsp3) is 0.462. The van der Waals surface area contributed by atoms with Crippen molar-refractivity contribution in [2.24, 2.45) is 0 Å². The third-order valence-electron chi connectivity index (χ3n) is 2.67. The fourth-order valence-electron chi connectivity index (χ4n) is 1.81. The molecular weight excluding hydrogens is 230 g/mol. The van der Waals surface area contributed by atoms with E-state index in [-0.39, 0.29) is 0 Å². The number of hydrogen-bond donors (Lipinski definition) is 1. The van der Waals surface area contributed by atoms with Gasteiger partial charge in [-0.2, -0.15) is 5.10 Å². The van der Waals surface area contributed by atoms with Gasteiger partial charge >= 0.3 is 0 Å². The molecule has 2 heterocycles. The summed E-state index contributed by atoms with van der Waals surface area (Å²) in [6, 6.07) is 6.39. The Kier molecular flexibility index (Phi) is 4.76. The molecule has 0 saturated heterocycles. The Bertz CT molecular complexity index is 420. The zero-order valence-electron chi connectivity index (χ0n) is 10.2. The van der Waals surface area contributed by atoms with Crippen LogP contribution in [0.4, 0.5) is 0 Å². The van der Waals surface area contributed by atoms with E-state index in [0.717, 1.165) is 32.5 Å². The predicted molar refractivity (Wildman–Crippen MR) is 72.2 cm³/mol. The summed E-state index contributed by atoms with van der Waals surface area (Å²) in [4.78, 5) is 1.44. The third-order valence-corrected chi connectivity index (χ3v) is 3.61. The first-order valence-corrected chi connectivity index (χ1v) is 7.02. The number of aromatic nitrogens is 2. The van der Waals surface area contributed by atoms with Gasteiger partial charge in [-0.25, -0.2) is 0 Å². The van der Waals surface area contributed by atoms with Crippen LogP contribution in [0.3, 0.4) is 0 Å². The van der Waals surface area contributed by atoms with Gasteiger partial charge in [0.2, 0.25) is 0 Å². The Morgan fingerprint density at radius 3 is 3.12 bits per heavy atom. The molecular formula is C13H19N3S.